The van der Waals surface area contributed by atoms with Crippen molar-refractivity contribution in [3.63, 3.8) is 0 Å². The summed E-state index contributed by atoms with van der Waals surface area (Å²) in [5.41, 5.74) is 3.45. The molecule has 0 fully saturated rings. The van der Waals surface area contributed by atoms with Crippen molar-refractivity contribution in [1.82, 2.24) is 4.98 Å². The third-order valence-corrected chi connectivity index (χ3v) is 4.34. The number of ether oxygens (including phenoxy) is 2. The maximum absolute atomic E-state index is 5.42. The topological polar surface area (TPSA) is 31.4 Å². The summed E-state index contributed by atoms with van der Waals surface area (Å²) in [6.07, 6.45) is 0.863. The van der Waals surface area contributed by atoms with E-state index in [9.17, 15) is 0 Å². The molecule has 0 unspecified atom stereocenters. The van der Waals surface area contributed by atoms with Crippen LogP contribution in [0.4, 0.5) is 0 Å². The van der Waals surface area contributed by atoms with E-state index in [0.29, 0.717) is 6.79 Å². The zero-order chi connectivity index (χ0) is 14.1. The van der Waals surface area contributed by atoms with Gasteiger partial charge < -0.3 is 9.47 Å². The van der Waals surface area contributed by atoms with Gasteiger partial charge in [-0.05, 0) is 23.8 Å². The molecule has 4 rings (SSSR count). The SMILES string of the molecule is c1ccc(Cc2csc(-c3ccc4c(c3)OCO4)n2)cc1. The van der Waals surface area contributed by atoms with Crippen LogP contribution in [0.25, 0.3) is 10.6 Å². The number of benzene rings is 2. The molecule has 1 aliphatic heterocycles. The summed E-state index contributed by atoms with van der Waals surface area (Å²) in [5, 5.41) is 3.13. The number of thiazole rings is 1. The van der Waals surface area contributed by atoms with Crippen molar-refractivity contribution < 1.29 is 9.47 Å². The van der Waals surface area contributed by atoms with Gasteiger partial charge in [-0.2, -0.15) is 0 Å². The summed E-state index contributed by atoms with van der Waals surface area (Å²) in [6.45, 7) is 0.302. The summed E-state index contributed by atoms with van der Waals surface area (Å²) < 4.78 is 10.8. The highest BCUT2D eigenvalue weighted by atomic mass is 32.1. The minimum absolute atomic E-state index is 0.302. The molecule has 0 saturated heterocycles. The number of rotatable bonds is 3. The summed E-state index contributed by atoms with van der Waals surface area (Å²) >= 11 is 1.66. The third kappa shape index (κ3) is 2.50. The Kier molecular flexibility index (Phi) is 3.09. The Morgan fingerprint density at radius 1 is 1.00 bits per heavy atom. The molecule has 0 radical (unpaired) electrons. The molecule has 0 saturated carbocycles. The lowest BCUT2D eigenvalue weighted by Gasteiger charge is -1.99. The molecule has 2 heterocycles. The Morgan fingerprint density at radius 2 is 1.86 bits per heavy atom. The molecule has 3 nitrogen and oxygen atoms in total. The standard InChI is InChI=1S/C17H13NO2S/c1-2-4-12(5-3-1)8-14-10-21-17(18-14)13-6-7-15-16(9-13)20-11-19-15/h1-7,9-10H,8,11H2. The molecule has 1 aromatic heterocycles. The first kappa shape index (κ1) is 12.4. The van der Waals surface area contributed by atoms with E-state index in [1.807, 2.05) is 24.3 Å². The maximum atomic E-state index is 5.42. The quantitative estimate of drug-likeness (QED) is 0.728. The van der Waals surface area contributed by atoms with Gasteiger partial charge in [-0.25, -0.2) is 4.98 Å². The molecule has 0 N–H and O–H groups in total. The van der Waals surface area contributed by atoms with Gasteiger partial charge in [-0.1, -0.05) is 30.3 Å². The molecular formula is C17H13NO2S. The van der Waals surface area contributed by atoms with E-state index < -0.39 is 0 Å². The van der Waals surface area contributed by atoms with Crippen LogP contribution in [0.5, 0.6) is 11.5 Å². The fraction of sp³-hybridized carbons (Fsp3) is 0.118. The van der Waals surface area contributed by atoms with E-state index in [-0.39, 0.29) is 0 Å². The fourth-order valence-corrected chi connectivity index (χ4v) is 3.17. The van der Waals surface area contributed by atoms with E-state index >= 15 is 0 Å². The summed E-state index contributed by atoms with van der Waals surface area (Å²) in [6, 6.07) is 16.4. The van der Waals surface area contributed by atoms with Gasteiger partial charge in [-0.15, -0.1) is 11.3 Å². The van der Waals surface area contributed by atoms with Gasteiger partial charge in [0.1, 0.15) is 5.01 Å². The van der Waals surface area contributed by atoms with Gasteiger partial charge in [0.05, 0.1) is 5.69 Å². The van der Waals surface area contributed by atoms with E-state index in [0.717, 1.165) is 34.2 Å². The molecule has 1 aliphatic rings. The zero-order valence-electron chi connectivity index (χ0n) is 11.3. The van der Waals surface area contributed by atoms with Gasteiger partial charge in [0.15, 0.2) is 11.5 Å². The summed E-state index contributed by atoms with van der Waals surface area (Å²) in [5.74, 6) is 1.60. The average molecular weight is 295 g/mol. The number of nitrogens with zero attached hydrogens (tertiary/aromatic N) is 1. The Labute approximate surface area is 126 Å². The van der Waals surface area contributed by atoms with Crippen LogP contribution < -0.4 is 9.47 Å². The minimum atomic E-state index is 0.302. The third-order valence-electron chi connectivity index (χ3n) is 3.40. The summed E-state index contributed by atoms with van der Waals surface area (Å²) in [7, 11) is 0. The Hall–Kier alpha value is -2.33. The van der Waals surface area contributed by atoms with Gasteiger partial charge in [0.25, 0.3) is 0 Å². The van der Waals surface area contributed by atoms with Crippen molar-refractivity contribution in [3.8, 4) is 22.1 Å². The Morgan fingerprint density at radius 3 is 2.76 bits per heavy atom. The van der Waals surface area contributed by atoms with Crippen LogP contribution in [0, 0.1) is 0 Å². The lowest BCUT2D eigenvalue weighted by molar-refractivity contribution is 0.174. The number of fused-ring (bicyclic) bond motifs is 1. The largest absolute Gasteiger partial charge is 0.454 e. The smallest absolute Gasteiger partial charge is 0.231 e. The van der Waals surface area contributed by atoms with Gasteiger partial charge in [-0.3, -0.25) is 0 Å². The first-order valence-electron chi connectivity index (χ1n) is 6.77. The van der Waals surface area contributed by atoms with Crippen LogP contribution in [-0.2, 0) is 6.42 Å². The van der Waals surface area contributed by atoms with E-state index in [1.165, 1.54) is 5.56 Å². The normalized spacial score (nSPS) is 12.6. The van der Waals surface area contributed by atoms with E-state index in [1.54, 1.807) is 11.3 Å². The van der Waals surface area contributed by atoms with Crippen LogP contribution >= 0.6 is 11.3 Å². The second kappa shape index (κ2) is 5.22. The Bertz CT molecular complexity index is 767. The Balaban J connectivity index is 1.59. The fourth-order valence-electron chi connectivity index (χ4n) is 2.36. The van der Waals surface area contributed by atoms with Crippen molar-refractivity contribution >= 4 is 11.3 Å². The lowest BCUT2D eigenvalue weighted by Crippen LogP contribution is -1.92. The van der Waals surface area contributed by atoms with Crippen molar-refractivity contribution in [2.75, 3.05) is 6.79 Å². The van der Waals surface area contributed by atoms with Gasteiger partial charge in [0.2, 0.25) is 6.79 Å². The molecule has 3 aromatic rings. The molecule has 0 amide bonds. The maximum Gasteiger partial charge on any atom is 0.231 e. The number of aromatic nitrogens is 1. The molecule has 0 spiro atoms. The second-order valence-corrected chi connectivity index (χ2v) is 5.73. The van der Waals surface area contributed by atoms with E-state index in [2.05, 4.69) is 29.6 Å². The lowest BCUT2D eigenvalue weighted by atomic mass is 10.1. The highest BCUT2D eigenvalue weighted by molar-refractivity contribution is 7.13. The molecule has 2 aromatic carbocycles. The number of hydrogen-bond acceptors (Lipinski definition) is 4. The first-order valence-corrected chi connectivity index (χ1v) is 7.65. The average Bonchev–Trinajstić information content (AvgIpc) is 3.16. The zero-order valence-corrected chi connectivity index (χ0v) is 12.1. The molecule has 0 atom stereocenters. The van der Waals surface area contributed by atoms with Crippen molar-refractivity contribution in [2.45, 2.75) is 6.42 Å². The molecule has 0 aliphatic carbocycles. The van der Waals surface area contributed by atoms with Crippen molar-refractivity contribution in [3.05, 3.63) is 65.2 Å². The minimum Gasteiger partial charge on any atom is -0.454 e. The molecule has 104 valence electrons. The molecule has 0 bridgehead atoms. The van der Waals surface area contributed by atoms with Crippen molar-refractivity contribution in [2.24, 2.45) is 0 Å². The highest BCUT2D eigenvalue weighted by Crippen LogP contribution is 2.36. The van der Waals surface area contributed by atoms with Crippen molar-refractivity contribution in [1.29, 1.82) is 0 Å². The number of hydrogen-bond donors (Lipinski definition) is 0. The second-order valence-electron chi connectivity index (χ2n) is 4.87. The van der Waals surface area contributed by atoms with Gasteiger partial charge >= 0.3 is 0 Å². The van der Waals surface area contributed by atoms with Crippen LogP contribution in [-0.4, -0.2) is 11.8 Å². The predicted octanol–water partition coefficient (Wildman–Crippen LogP) is 4.13. The highest BCUT2D eigenvalue weighted by Gasteiger charge is 2.15. The van der Waals surface area contributed by atoms with Crippen LogP contribution in [0.2, 0.25) is 0 Å². The van der Waals surface area contributed by atoms with Crippen LogP contribution in [0.15, 0.2) is 53.9 Å². The first-order chi connectivity index (χ1) is 10.4. The van der Waals surface area contributed by atoms with Crippen LogP contribution in [0.1, 0.15) is 11.3 Å². The molecular weight excluding hydrogens is 282 g/mol. The predicted molar refractivity (Wildman–Crippen MR) is 82.9 cm³/mol. The molecule has 4 heteroatoms. The monoisotopic (exact) mass is 295 g/mol. The van der Waals surface area contributed by atoms with Crippen LogP contribution in [0.3, 0.4) is 0 Å². The summed E-state index contributed by atoms with van der Waals surface area (Å²) in [4.78, 5) is 4.72. The van der Waals surface area contributed by atoms with E-state index in [4.69, 9.17) is 14.5 Å². The molecule has 21 heavy (non-hydrogen) atoms. The van der Waals surface area contributed by atoms with Gasteiger partial charge in [0, 0.05) is 17.4 Å².